The third-order valence-corrected chi connectivity index (χ3v) is 5.55. The first-order valence-electron chi connectivity index (χ1n) is 9.19. The summed E-state index contributed by atoms with van der Waals surface area (Å²) < 4.78 is 44.3. The number of fused-ring (bicyclic) bond motifs is 1. The highest BCUT2D eigenvalue weighted by molar-refractivity contribution is 7.85. The van der Waals surface area contributed by atoms with Gasteiger partial charge in [-0.05, 0) is 65.1 Å². The fourth-order valence-electron chi connectivity index (χ4n) is 2.85. The van der Waals surface area contributed by atoms with Crippen molar-refractivity contribution in [2.45, 2.75) is 31.1 Å². The molecule has 0 aliphatic heterocycles. The van der Waals surface area contributed by atoms with Crippen LogP contribution in [0.5, 0.6) is 11.5 Å². The van der Waals surface area contributed by atoms with Crippen LogP contribution in [0.15, 0.2) is 65.6 Å². The first-order chi connectivity index (χ1) is 13.8. The van der Waals surface area contributed by atoms with E-state index in [0.717, 1.165) is 11.8 Å². The zero-order valence-electron chi connectivity index (χ0n) is 16.1. The van der Waals surface area contributed by atoms with Crippen LogP contribution in [0, 0.1) is 0 Å². The molecule has 3 aromatic carbocycles. The Balaban J connectivity index is 1.65. The quantitative estimate of drug-likeness (QED) is 0.327. The summed E-state index contributed by atoms with van der Waals surface area (Å²) in [5.74, 6) is 0.665. The Morgan fingerprint density at radius 1 is 0.966 bits per heavy atom. The molecule has 0 heterocycles. The summed E-state index contributed by atoms with van der Waals surface area (Å²) in [7, 11) is -4.56. The van der Waals surface area contributed by atoms with Gasteiger partial charge in [-0.2, -0.15) is 0 Å². The number of ether oxygens (including phenoxy) is 2. The van der Waals surface area contributed by atoms with Crippen molar-refractivity contribution in [1.82, 2.24) is 0 Å². The molecular weight excluding hydrogens is 392 g/mol. The predicted octanol–water partition coefficient (Wildman–Crippen LogP) is 4.24. The molecule has 1 atom stereocenters. The van der Waals surface area contributed by atoms with Crippen molar-refractivity contribution in [3.63, 3.8) is 0 Å². The average Bonchev–Trinajstić information content (AvgIpc) is 2.71. The molecule has 0 bridgehead atoms. The number of hydrogen-bond donors (Lipinski definition) is 0. The molecule has 0 spiro atoms. The van der Waals surface area contributed by atoms with E-state index in [0.29, 0.717) is 17.1 Å². The molecule has 0 aliphatic carbocycles. The second-order valence-corrected chi connectivity index (χ2v) is 8.15. The normalized spacial score (nSPS) is 12.5. The van der Waals surface area contributed by atoms with Crippen molar-refractivity contribution in [1.29, 1.82) is 0 Å². The molecule has 29 heavy (non-hydrogen) atoms. The van der Waals surface area contributed by atoms with E-state index in [2.05, 4.69) is 13.8 Å². The van der Waals surface area contributed by atoms with Gasteiger partial charge in [-0.1, -0.05) is 38.1 Å². The van der Waals surface area contributed by atoms with Crippen LogP contribution in [-0.2, 0) is 14.9 Å². The Morgan fingerprint density at radius 2 is 1.62 bits per heavy atom. The van der Waals surface area contributed by atoms with Crippen LogP contribution in [-0.4, -0.2) is 25.5 Å². The SMILES string of the molecule is CCC(C)c1ccc(OCC(=O)Oc2ccc3ccc(S(=O)(=O)[O-])cc3c2)cc1. The Morgan fingerprint density at radius 3 is 2.28 bits per heavy atom. The highest BCUT2D eigenvalue weighted by Crippen LogP contribution is 2.24. The van der Waals surface area contributed by atoms with E-state index < -0.39 is 16.1 Å². The summed E-state index contributed by atoms with van der Waals surface area (Å²) in [4.78, 5) is 11.7. The smallest absolute Gasteiger partial charge is 0.349 e. The maximum Gasteiger partial charge on any atom is 0.349 e. The second kappa shape index (κ2) is 8.63. The third-order valence-electron chi connectivity index (χ3n) is 4.72. The first-order valence-corrected chi connectivity index (χ1v) is 10.6. The van der Waals surface area contributed by atoms with Gasteiger partial charge in [0, 0.05) is 0 Å². The molecule has 152 valence electrons. The summed E-state index contributed by atoms with van der Waals surface area (Å²) in [6, 6.07) is 16.4. The second-order valence-electron chi connectivity index (χ2n) is 6.77. The van der Waals surface area contributed by atoms with Gasteiger partial charge in [0.15, 0.2) is 6.61 Å². The van der Waals surface area contributed by atoms with E-state index in [4.69, 9.17) is 9.47 Å². The molecule has 0 fully saturated rings. The van der Waals surface area contributed by atoms with E-state index in [1.165, 1.54) is 29.8 Å². The maximum absolute atomic E-state index is 12.1. The molecule has 0 saturated carbocycles. The monoisotopic (exact) mass is 413 g/mol. The van der Waals surface area contributed by atoms with Crippen molar-refractivity contribution in [3.8, 4) is 11.5 Å². The lowest BCUT2D eigenvalue weighted by atomic mass is 9.99. The number of carbonyl (C=O) groups is 1. The molecule has 0 aliphatic rings. The molecule has 0 aromatic heterocycles. The molecule has 6 nitrogen and oxygen atoms in total. The molecule has 3 aromatic rings. The number of rotatable bonds is 7. The van der Waals surface area contributed by atoms with Gasteiger partial charge in [0.1, 0.15) is 21.6 Å². The van der Waals surface area contributed by atoms with Crippen LogP contribution in [0.25, 0.3) is 10.8 Å². The van der Waals surface area contributed by atoms with Crippen LogP contribution in [0.2, 0.25) is 0 Å². The van der Waals surface area contributed by atoms with Crippen molar-refractivity contribution in [2.24, 2.45) is 0 Å². The lowest BCUT2D eigenvalue weighted by molar-refractivity contribution is -0.136. The van der Waals surface area contributed by atoms with E-state index in [1.807, 2.05) is 24.3 Å². The van der Waals surface area contributed by atoms with Gasteiger partial charge >= 0.3 is 5.97 Å². The van der Waals surface area contributed by atoms with Crippen molar-refractivity contribution < 1.29 is 27.2 Å². The lowest BCUT2D eigenvalue weighted by Crippen LogP contribution is -2.17. The Hall–Kier alpha value is -2.90. The van der Waals surface area contributed by atoms with Crippen LogP contribution in [0.4, 0.5) is 0 Å². The van der Waals surface area contributed by atoms with Gasteiger partial charge < -0.3 is 14.0 Å². The van der Waals surface area contributed by atoms with Gasteiger partial charge in [0.2, 0.25) is 0 Å². The highest BCUT2D eigenvalue weighted by Gasteiger charge is 2.09. The number of hydrogen-bond acceptors (Lipinski definition) is 6. The summed E-state index contributed by atoms with van der Waals surface area (Å²) in [5.41, 5.74) is 1.21. The summed E-state index contributed by atoms with van der Waals surface area (Å²) in [5, 5.41) is 1.20. The molecule has 0 radical (unpaired) electrons. The first kappa shape index (κ1) is 20.8. The summed E-state index contributed by atoms with van der Waals surface area (Å²) in [6.07, 6.45) is 1.04. The zero-order chi connectivity index (χ0) is 21.0. The molecular formula is C22H21O6S-. The summed E-state index contributed by atoms with van der Waals surface area (Å²) >= 11 is 0. The minimum atomic E-state index is -4.56. The van der Waals surface area contributed by atoms with Crippen LogP contribution < -0.4 is 9.47 Å². The molecule has 0 N–H and O–H groups in total. The van der Waals surface area contributed by atoms with Crippen molar-refractivity contribution >= 4 is 26.9 Å². The van der Waals surface area contributed by atoms with Gasteiger partial charge in [0.05, 0.1) is 4.90 Å². The fraction of sp³-hybridized carbons (Fsp3) is 0.227. The van der Waals surface area contributed by atoms with E-state index in [9.17, 15) is 17.8 Å². The molecule has 0 saturated heterocycles. The maximum atomic E-state index is 12.1. The topological polar surface area (TPSA) is 92.7 Å². The standard InChI is InChI=1S/C22H22O6S/c1-3-15(2)16-4-8-19(9-5-16)27-14-22(23)28-20-10-6-17-7-11-21(29(24,25)26)13-18(17)12-20/h4-13,15H,3,14H2,1-2H3,(H,24,25,26)/p-1. The molecule has 0 amide bonds. The van der Waals surface area contributed by atoms with E-state index >= 15 is 0 Å². The number of esters is 1. The van der Waals surface area contributed by atoms with E-state index in [1.54, 1.807) is 12.1 Å². The van der Waals surface area contributed by atoms with E-state index in [-0.39, 0.29) is 17.3 Å². The Bertz CT molecular complexity index is 1120. The Kier molecular flexibility index (Phi) is 6.20. The fourth-order valence-corrected chi connectivity index (χ4v) is 3.36. The summed E-state index contributed by atoms with van der Waals surface area (Å²) in [6.45, 7) is 4.00. The highest BCUT2D eigenvalue weighted by atomic mass is 32.2. The zero-order valence-corrected chi connectivity index (χ0v) is 16.9. The Labute approximate surface area is 169 Å². The van der Waals surface area contributed by atoms with Gasteiger partial charge in [-0.15, -0.1) is 0 Å². The predicted molar refractivity (Wildman–Crippen MR) is 108 cm³/mol. The van der Waals surface area contributed by atoms with Gasteiger partial charge in [-0.3, -0.25) is 0 Å². The minimum absolute atomic E-state index is 0.235. The van der Waals surface area contributed by atoms with Gasteiger partial charge in [-0.25, -0.2) is 13.2 Å². The molecule has 3 rings (SSSR count). The van der Waals surface area contributed by atoms with Crippen LogP contribution in [0.1, 0.15) is 31.7 Å². The largest absolute Gasteiger partial charge is 0.744 e. The molecule has 7 heteroatoms. The van der Waals surface area contributed by atoms with Gasteiger partial charge in [0.25, 0.3) is 0 Å². The average molecular weight is 413 g/mol. The minimum Gasteiger partial charge on any atom is -0.744 e. The van der Waals surface area contributed by atoms with Crippen molar-refractivity contribution in [2.75, 3.05) is 6.61 Å². The van der Waals surface area contributed by atoms with Crippen LogP contribution in [0.3, 0.4) is 0 Å². The molecule has 1 unspecified atom stereocenters. The lowest BCUT2D eigenvalue weighted by Gasteiger charge is -2.11. The number of carbonyl (C=O) groups excluding carboxylic acids is 1. The van der Waals surface area contributed by atoms with Crippen molar-refractivity contribution in [3.05, 3.63) is 66.2 Å². The number of benzene rings is 3. The van der Waals surface area contributed by atoms with Crippen LogP contribution >= 0.6 is 0 Å². The third kappa shape index (κ3) is 5.34.